The molecule has 0 atom stereocenters. The number of hydrogen-bond donors (Lipinski definition) is 2. The van der Waals surface area contributed by atoms with Crippen LogP contribution in [0.4, 0.5) is 0 Å². The Morgan fingerprint density at radius 1 is 1.06 bits per heavy atom. The first kappa shape index (κ1) is 12.6. The van der Waals surface area contributed by atoms with Gasteiger partial charge in [-0.25, -0.2) is 0 Å². The maximum atomic E-state index is 3.63. The maximum Gasteiger partial charge on any atom is 0.0205 e. The largest absolute Gasteiger partial charge is 0.319 e. The topological polar surface area (TPSA) is 24.1 Å². The van der Waals surface area contributed by atoms with Crippen LogP contribution in [0.3, 0.4) is 0 Å². The zero-order valence-corrected chi connectivity index (χ0v) is 10.8. The quantitative estimate of drug-likeness (QED) is 0.787. The molecule has 0 aromatic heterocycles. The molecular formula is C15H24N2. The van der Waals surface area contributed by atoms with Gasteiger partial charge >= 0.3 is 0 Å². The lowest BCUT2D eigenvalue weighted by Crippen LogP contribution is -2.39. The number of nitrogens with one attached hydrogen (secondary N) is 2. The Kier molecular flexibility index (Phi) is 4.57. The smallest absolute Gasteiger partial charge is 0.0205 e. The van der Waals surface area contributed by atoms with Gasteiger partial charge in [-0.1, -0.05) is 43.2 Å². The predicted molar refractivity (Wildman–Crippen MR) is 73.0 cm³/mol. The summed E-state index contributed by atoms with van der Waals surface area (Å²) in [7, 11) is 2.07. The molecule has 0 aliphatic heterocycles. The average molecular weight is 232 g/mol. The minimum absolute atomic E-state index is 0.504. The highest BCUT2D eigenvalue weighted by Crippen LogP contribution is 2.36. The molecule has 2 N–H and O–H groups in total. The highest BCUT2D eigenvalue weighted by atomic mass is 14.9. The van der Waals surface area contributed by atoms with E-state index >= 15 is 0 Å². The van der Waals surface area contributed by atoms with Gasteiger partial charge in [0.2, 0.25) is 0 Å². The van der Waals surface area contributed by atoms with Crippen molar-refractivity contribution in [1.29, 1.82) is 0 Å². The van der Waals surface area contributed by atoms with Crippen molar-refractivity contribution < 1.29 is 0 Å². The predicted octanol–water partition coefficient (Wildman–Crippen LogP) is 2.56. The number of rotatable bonds is 6. The highest BCUT2D eigenvalue weighted by molar-refractivity contribution is 5.14. The van der Waals surface area contributed by atoms with E-state index in [-0.39, 0.29) is 0 Å². The first-order valence-electron chi connectivity index (χ1n) is 6.74. The second-order valence-electron chi connectivity index (χ2n) is 5.33. The van der Waals surface area contributed by atoms with Crippen molar-refractivity contribution in [3.63, 3.8) is 0 Å². The zero-order valence-electron chi connectivity index (χ0n) is 10.8. The number of benzene rings is 1. The third kappa shape index (κ3) is 3.55. The van der Waals surface area contributed by atoms with Gasteiger partial charge in [-0.15, -0.1) is 0 Å². The molecule has 0 radical (unpaired) electrons. The second-order valence-corrected chi connectivity index (χ2v) is 5.33. The van der Waals surface area contributed by atoms with E-state index in [1.54, 1.807) is 0 Å². The van der Waals surface area contributed by atoms with Crippen LogP contribution in [0.1, 0.15) is 31.2 Å². The molecule has 2 rings (SSSR count). The van der Waals surface area contributed by atoms with Gasteiger partial charge < -0.3 is 10.6 Å². The van der Waals surface area contributed by atoms with Gasteiger partial charge in [0.25, 0.3) is 0 Å². The lowest BCUT2D eigenvalue weighted by Gasteiger charge is -2.29. The lowest BCUT2D eigenvalue weighted by atomic mass is 9.86. The molecule has 1 aromatic carbocycles. The Labute approximate surface area is 105 Å². The summed E-state index contributed by atoms with van der Waals surface area (Å²) in [6, 6.07) is 10.7. The van der Waals surface area contributed by atoms with Crippen LogP contribution in [-0.2, 0) is 6.54 Å². The Morgan fingerprint density at radius 3 is 2.41 bits per heavy atom. The molecule has 1 aromatic rings. The molecular weight excluding hydrogens is 208 g/mol. The third-order valence-corrected chi connectivity index (χ3v) is 3.89. The molecule has 0 spiro atoms. The molecule has 0 bridgehead atoms. The fourth-order valence-electron chi connectivity index (χ4n) is 2.98. The van der Waals surface area contributed by atoms with Crippen LogP contribution in [0.15, 0.2) is 30.3 Å². The normalized spacial score (nSPS) is 18.4. The van der Waals surface area contributed by atoms with Crippen LogP contribution in [0.5, 0.6) is 0 Å². The Balaban J connectivity index is 1.80. The first-order chi connectivity index (χ1) is 8.35. The van der Waals surface area contributed by atoms with Crippen LogP contribution >= 0.6 is 0 Å². The molecule has 2 nitrogen and oxygen atoms in total. The van der Waals surface area contributed by atoms with Crippen LogP contribution in [0.2, 0.25) is 0 Å². The molecule has 0 saturated heterocycles. The van der Waals surface area contributed by atoms with Crippen molar-refractivity contribution in [2.45, 2.75) is 32.2 Å². The van der Waals surface area contributed by atoms with E-state index in [1.165, 1.54) is 31.2 Å². The van der Waals surface area contributed by atoms with Crippen LogP contribution in [0, 0.1) is 5.41 Å². The van der Waals surface area contributed by atoms with E-state index in [4.69, 9.17) is 0 Å². The van der Waals surface area contributed by atoms with Gasteiger partial charge in [-0.2, -0.15) is 0 Å². The molecule has 94 valence electrons. The van der Waals surface area contributed by atoms with Crippen LogP contribution < -0.4 is 10.6 Å². The van der Waals surface area contributed by atoms with Crippen molar-refractivity contribution in [1.82, 2.24) is 10.6 Å². The summed E-state index contributed by atoms with van der Waals surface area (Å²) in [5, 5.41) is 6.99. The van der Waals surface area contributed by atoms with Crippen molar-refractivity contribution >= 4 is 0 Å². The van der Waals surface area contributed by atoms with E-state index in [0.29, 0.717) is 5.41 Å². The summed E-state index contributed by atoms with van der Waals surface area (Å²) in [5.74, 6) is 0. The SMILES string of the molecule is CNCC1(CNCc2ccccc2)CCCC1. The fraction of sp³-hybridized carbons (Fsp3) is 0.600. The Hall–Kier alpha value is -0.860. The van der Waals surface area contributed by atoms with Crippen LogP contribution in [0.25, 0.3) is 0 Å². The van der Waals surface area contributed by atoms with E-state index in [0.717, 1.165) is 19.6 Å². The lowest BCUT2D eigenvalue weighted by molar-refractivity contribution is 0.272. The van der Waals surface area contributed by atoms with Gasteiger partial charge in [0.1, 0.15) is 0 Å². The number of hydrogen-bond acceptors (Lipinski definition) is 2. The minimum Gasteiger partial charge on any atom is -0.319 e. The highest BCUT2D eigenvalue weighted by Gasteiger charge is 2.32. The van der Waals surface area contributed by atoms with E-state index in [2.05, 4.69) is 48.0 Å². The summed E-state index contributed by atoms with van der Waals surface area (Å²) in [6.45, 7) is 3.28. The minimum atomic E-state index is 0.504. The molecule has 1 aliphatic rings. The summed E-state index contributed by atoms with van der Waals surface area (Å²) >= 11 is 0. The van der Waals surface area contributed by atoms with Crippen molar-refractivity contribution in [2.75, 3.05) is 20.1 Å². The molecule has 0 unspecified atom stereocenters. The van der Waals surface area contributed by atoms with Crippen molar-refractivity contribution in [3.05, 3.63) is 35.9 Å². The van der Waals surface area contributed by atoms with Gasteiger partial charge in [0.05, 0.1) is 0 Å². The summed E-state index contributed by atoms with van der Waals surface area (Å²) < 4.78 is 0. The first-order valence-corrected chi connectivity index (χ1v) is 6.74. The monoisotopic (exact) mass is 232 g/mol. The molecule has 1 fully saturated rings. The Morgan fingerprint density at radius 2 is 1.76 bits per heavy atom. The van der Waals surface area contributed by atoms with E-state index in [1.807, 2.05) is 0 Å². The standard InChI is InChI=1S/C15H24N2/c1-16-12-15(9-5-6-10-15)13-17-11-14-7-3-2-4-8-14/h2-4,7-8,16-17H,5-6,9-13H2,1H3. The summed E-state index contributed by atoms with van der Waals surface area (Å²) in [4.78, 5) is 0. The van der Waals surface area contributed by atoms with Crippen LogP contribution in [-0.4, -0.2) is 20.1 Å². The van der Waals surface area contributed by atoms with Crippen molar-refractivity contribution in [3.8, 4) is 0 Å². The fourth-order valence-corrected chi connectivity index (χ4v) is 2.98. The zero-order chi connectivity index (χ0) is 12.0. The van der Waals surface area contributed by atoms with Gasteiger partial charge in [0, 0.05) is 19.6 Å². The summed E-state index contributed by atoms with van der Waals surface area (Å²) in [6.07, 6.45) is 5.54. The van der Waals surface area contributed by atoms with Gasteiger partial charge in [-0.05, 0) is 30.9 Å². The van der Waals surface area contributed by atoms with Crippen molar-refractivity contribution in [2.24, 2.45) is 5.41 Å². The molecule has 2 heteroatoms. The van der Waals surface area contributed by atoms with Gasteiger partial charge in [0.15, 0.2) is 0 Å². The van der Waals surface area contributed by atoms with E-state index in [9.17, 15) is 0 Å². The van der Waals surface area contributed by atoms with Gasteiger partial charge in [-0.3, -0.25) is 0 Å². The van der Waals surface area contributed by atoms with E-state index < -0.39 is 0 Å². The molecule has 0 heterocycles. The molecule has 17 heavy (non-hydrogen) atoms. The maximum absolute atomic E-state index is 3.63. The molecule has 0 amide bonds. The third-order valence-electron chi connectivity index (χ3n) is 3.89. The molecule has 1 saturated carbocycles. The Bertz CT molecular complexity index is 315. The molecule has 1 aliphatic carbocycles. The summed E-state index contributed by atoms with van der Waals surface area (Å²) in [5.41, 5.74) is 1.88. The average Bonchev–Trinajstić information content (AvgIpc) is 2.80. The second kappa shape index (κ2) is 6.18.